The summed E-state index contributed by atoms with van der Waals surface area (Å²) in [6.07, 6.45) is 3.61. The Balaban J connectivity index is 1.48. The molecule has 3 aliphatic heterocycles. The molecule has 4 heterocycles. The van der Waals surface area contributed by atoms with Gasteiger partial charge in [-0.1, -0.05) is 23.7 Å². The van der Waals surface area contributed by atoms with Gasteiger partial charge in [0.25, 0.3) is 11.8 Å². The first-order chi connectivity index (χ1) is 15.1. The van der Waals surface area contributed by atoms with Crippen molar-refractivity contribution in [3.63, 3.8) is 0 Å². The summed E-state index contributed by atoms with van der Waals surface area (Å²) in [5.41, 5.74) is 1.63. The van der Waals surface area contributed by atoms with Gasteiger partial charge in [0, 0.05) is 24.7 Å². The van der Waals surface area contributed by atoms with Gasteiger partial charge in [-0.25, -0.2) is 0 Å². The molecule has 2 aromatic rings. The Kier molecular flexibility index (Phi) is 5.41. The first kappa shape index (κ1) is 20.4. The van der Waals surface area contributed by atoms with E-state index in [0.29, 0.717) is 29.9 Å². The van der Waals surface area contributed by atoms with E-state index in [0.717, 1.165) is 30.8 Å². The highest BCUT2D eigenvalue weighted by Gasteiger charge is 2.48. The van der Waals surface area contributed by atoms with E-state index >= 15 is 0 Å². The predicted octanol–water partition coefficient (Wildman–Crippen LogP) is 2.96. The topological polar surface area (TPSA) is 93.3 Å². The fraction of sp³-hybridized carbons (Fsp3) is 0.524. The second-order valence-electron chi connectivity index (χ2n) is 8.13. The highest BCUT2D eigenvalue weighted by Crippen LogP contribution is 2.44. The lowest BCUT2D eigenvalue weighted by Gasteiger charge is -2.40. The standard InChI is InChI=1S/C21H24ClN5O4/c1-12(10-29-2)19-24-20(31-25-19)17-18-21(28)26(9-14-4-3-7-30-14)16-8-13(22)5-6-15(16)27(18)11-23-17/h5-6,8,11-12,14,17-18H,3-4,7,9-10H2,1-2H3. The van der Waals surface area contributed by atoms with Crippen LogP contribution in [0.25, 0.3) is 0 Å². The Labute approximate surface area is 185 Å². The van der Waals surface area contributed by atoms with Crippen LogP contribution in [0.2, 0.25) is 5.02 Å². The van der Waals surface area contributed by atoms with Crippen LogP contribution in [0.3, 0.4) is 0 Å². The number of amides is 1. The third kappa shape index (κ3) is 3.60. The molecule has 1 fully saturated rings. The molecule has 3 aliphatic rings. The quantitative estimate of drug-likeness (QED) is 0.674. The van der Waals surface area contributed by atoms with Gasteiger partial charge in [0.05, 0.1) is 37.0 Å². The van der Waals surface area contributed by atoms with Crippen molar-refractivity contribution in [1.29, 1.82) is 0 Å². The number of carbonyl (C=O) groups excluding carboxylic acids is 1. The van der Waals surface area contributed by atoms with E-state index in [4.69, 9.17) is 25.6 Å². The van der Waals surface area contributed by atoms with Crippen LogP contribution in [0.4, 0.5) is 11.4 Å². The number of anilines is 2. The van der Waals surface area contributed by atoms with Crippen molar-refractivity contribution < 1.29 is 18.8 Å². The molecule has 0 radical (unpaired) electrons. The van der Waals surface area contributed by atoms with Crippen molar-refractivity contribution in [2.75, 3.05) is 36.7 Å². The van der Waals surface area contributed by atoms with Gasteiger partial charge in [-0.05, 0) is 31.0 Å². The number of aliphatic imine (C=N–C) groups is 1. The Hall–Kier alpha value is -2.49. The van der Waals surface area contributed by atoms with Crippen molar-refractivity contribution in [3.05, 3.63) is 34.9 Å². The first-order valence-electron chi connectivity index (χ1n) is 10.4. The van der Waals surface area contributed by atoms with Gasteiger partial charge in [0.2, 0.25) is 0 Å². The predicted molar refractivity (Wildman–Crippen MR) is 115 cm³/mol. The highest BCUT2D eigenvalue weighted by atomic mass is 35.5. The molecule has 1 saturated heterocycles. The summed E-state index contributed by atoms with van der Waals surface area (Å²) in [6, 6.07) is 4.36. The molecular formula is C21H24ClN5O4. The van der Waals surface area contributed by atoms with Crippen molar-refractivity contribution in [2.24, 2.45) is 4.99 Å². The third-order valence-electron chi connectivity index (χ3n) is 5.95. The minimum absolute atomic E-state index is 0.00741. The molecule has 1 aromatic heterocycles. The van der Waals surface area contributed by atoms with Crippen LogP contribution in [0.15, 0.2) is 27.7 Å². The summed E-state index contributed by atoms with van der Waals surface area (Å²) in [6.45, 7) is 3.63. The number of halogens is 1. The number of ether oxygens (including phenoxy) is 2. The number of fused-ring (bicyclic) bond motifs is 3. The zero-order chi connectivity index (χ0) is 21.5. The van der Waals surface area contributed by atoms with E-state index in [9.17, 15) is 4.79 Å². The lowest BCUT2D eigenvalue weighted by molar-refractivity contribution is -0.120. The number of benzene rings is 1. The van der Waals surface area contributed by atoms with Crippen molar-refractivity contribution in [3.8, 4) is 0 Å². The van der Waals surface area contributed by atoms with Gasteiger partial charge in [-0.2, -0.15) is 4.98 Å². The fourth-order valence-corrected chi connectivity index (χ4v) is 4.56. The van der Waals surface area contributed by atoms with E-state index in [2.05, 4.69) is 15.1 Å². The zero-order valence-electron chi connectivity index (χ0n) is 17.4. The molecule has 4 unspecified atom stereocenters. The second-order valence-corrected chi connectivity index (χ2v) is 8.56. The monoisotopic (exact) mass is 445 g/mol. The van der Waals surface area contributed by atoms with Crippen LogP contribution >= 0.6 is 11.6 Å². The maximum atomic E-state index is 13.7. The Morgan fingerprint density at radius 1 is 1.35 bits per heavy atom. The summed E-state index contributed by atoms with van der Waals surface area (Å²) < 4.78 is 16.5. The maximum Gasteiger partial charge on any atom is 0.254 e. The highest BCUT2D eigenvalue weighted by molar-refractivity contribution is 6.31. The summed E-state index contributed by atoms with van der Waals surface area (Å²) in [4.78, 5) is 26.4. The number of nitrogens with zero attached hydrogens (tertiary/aromatic N) is 5. The number of hydrogen-bond donors (Lipinski definition) is 0. The lowest BCUT2D eigenvalue weighted by atomic mass is 10.0. The number of rotatable bonds is 6. The van der Waals surface area contributed by atoms with Crippen LogP contribution in [-0.4, -0.2) is 61.4 Å². The van der Waals surface area contributed by atoms with Crippen molar-refractivity contribution in [2.45, 2.75) is 43.9 Å². The van der Waals surface area contributed by atoms with Crippen LogP contribution in [0.1, 0.15) is 43.4 Å². The van der Waals surface area contributed by atoms with Gasteiger partial charge in [0.15, 0.2) is 11.9 Å². The number of hydrogen-bond acceptors (Lipinski definition) is 8. The number of carbonyl (C=O) groups is 1. The van der Waals surface area contributed by atoms with E-state index in [1.165, 1.54) is 0 Å². The molecule has 5 rings (SSSR count). The maximum absolute atomic E-state index is 13.7. The average Bonchev–Trinajstić information content (AvgIpc) is 3.51. The Morgan fingerprint density at radius 2 is 2.23 bits per heavy atom. The van der Waals surface area contributed by atoms with Gasteiger partial charge in [-0.3, -0.25) is 9.79 Å². The van der Waals surface area contributed by atoms with Gasteiger partial charge >= 0.3 is 0 Å². The Morgan fingerprint density at radius 3 is 3.00 bits per heavy atom. The molecular weight excluding hydrogens is 422 g/mol. The normalized spacial score (nSPS) is 25.8. The molecule has 1 aromatic carbocycles. The molecule has 0 N–H and O–H groups in total. The van der Waals surface area contributed by atoms with E-state index in [1.54, 1.807) is 18.3 Å². The summed E-state index contributed by atoms with van der Waals surface area (Å²) in [5, 5.41) is 4.65. The number of aromatic nitrogens is 2. The first-order valence-corrected chi connectivity index (χ1v) is 10.8. The SMILES string of the molecule is COCC(C)c1noc(C2N=CN3c4ccc(Cl)cc4N(CC4CCCO4)C(=O)C23)n1. The molecule has 31 heavy (non-hydrogen) atoms. The summed E-state index contributed by atoms with van der Waals surface area (Å²) >= 11 is 6.27. The number of methoxy groups -OCH3 is 1. The lowest BCUT2D eigenvalue weighted by Crippen LogP contribution is -2.54. The van der Waals surface area contributed by atoms with Crippen molar-refractivity contribution in [1.82, 2.24) is 10.1 Å². The molecule has 1 amide bonds. The molecule has 4 atom stereocenters. The molecule has 0 bridgehead atoms. The molecule has 0 spiro atoms. The van der Waals surface area contributed by atoms with E-state index in [-0.39, 0.29) is 17.9 Å². The van der Waals surface area contributed by atoms with Crippen LogP contribution in [-0.2, 0) is 14.3 Å². The minimum Gasteiger partial charge on any atom is -0.384 e. The van der Waals surface area contributed by atoms with Gasteiger partial charge < -0.3 is 23.8 Å². The second kappa shape index (κ2) is 8.22. The van der Waals surface area contributed by atoms with Crippen molar-refractivity contribution >= 4 is 35.2 Å². The largest absolute Gasteiger partial charge is 0.384 e. The molecule has 9 nitrogen and oxygen atoms in total. The zero-order valence-corrected chi connectivity index (χ0v) is 18.2. The Bertz CT molecular complexity index is 1010. The van der Waals surface area contributed by atoms with Gasteiger partial charge in [-0.15, -0.1) is 0 Å². The minimum atomic E-state index is -0.596. The molecule has 10 heteroatoms. The van der Waals surface area contributed by atoms with Gasteiger partial charge in [0.1, 0.15) is 6.04 Å². The molecule has 164 valence electrons. The van der Waals surface area contributed by atoms with Crippen LogP contribution in [0, 0.1) is 0 Å². The van der Waals surface area contributed by atoms with E-state index < -0.39 is 12.1 Å². The van der Waals surface area contributed by atoms with Crippen LogP contribution in [0.5, 0.6) is 0 Å². The molecule has 0 saturated carbocycles. The fourth-order valence-electron chi connectivity index (χ4n) is 4.40. The summed E-state index contributed by atoms with van der Waals surface area (Å²) in [5.74, 6) is 0.754. The average molecular weight is 446 g/mol. The smallest absolute Gasteiger partial charge is 0.254 e. The molecule has 0 aliphatic carbocycles. The summed E-state index contributed by atoms with van der Waals surface area (Å²) in [7, 11) is 1.63. The van der Waals surface area contributed by atoms with Crippen LogP contribution < -0.4 is 9.80 Å². The van der Waals surface area contributed by atoms with E-state index in [1.807, 2.05) is 30.0 Å². The third-order valence-corrected chi connectivity index (χ3v) is 6.19.